The zero-order valence-corrected chi connectivity index (χ0v) is 12.0. The summed E-state index contributed by atoms with van der Waals surface area (Å²) in [4.78, 5) is 18.3. The lowest BCUT2D eigenvalue weighted by Gasteiger charge is -2.25. The quantitative estimate of drug-likeness (QED) is 0.737. The van der Waals surface area contributed by atoms with E-state index in [1.165, 1.54) is 0 Å². The lowest BCUT2D eigenvalue weighted by molar-refractivity contribution is -0.114. The van der Waals surface area contributed by atoms with Gasteiger partial charge in [0.05, 0.1) is 6.20 Å². The van der Waals surface area contributed by atoms with Crippen LogP contribution in [-0.4, -0.2) is 15.2 Å². The molecule has 2 aromatic heterocycles. The second-order valence-electron chi connectivity index (χ2n) is 5.32. The topological polar surface area (TPSA) is 37.6 Å². The number of hydrogen-bond donors (Lipinski definition) is 0. The van der Waals surface area contributed by atoms with Crippen molar-refractivity contribution in [1.82, 2.24) is 9.38 Å². The van der Waals surface area contributed by atoms with E-state index in [1.54, 1.807) is 6.08 Å². The van der Waals surface area contributed by atoms with E-state index in [0.717, 1.165) is 29.3 Å². The number of carbonyl (C=O) groups excluding carboxylic acids is 1. The first-order valence-electron chi connectivity index (χ1n) is 7.33. The first kappa shape index (κ1) is 12.8. The zero-order chi connectivity index (χ0) is 14.9. The van der Waals surface area contributed by atoms with Crippen LogP contribution in [0.15, 0.2) is 72.7 Å². The highest BCUT2D eigenvalue weighted by Gasteiger charge is 2.23. The number of benzene rings is 1. The number of aromatic nitrogens is 2. The molecular weight excluding hydrogens is 274 g/mol. The van der Waals surface area contributed by atoms with E-state index in [9.17, 15) is 4.79 Å². The molecule has 0 amide bonds. The maximum atomic E-state index is 11.7. The van der Waals surface area contributed by atoms with Gasteiger partial charge in [0.1, 0.15) is 11.5 Å². The molecule has 0 fully saturated rings. The Kier molecular flexibility index (Phi) is 3.00. The van der Waals surface area contributed by atoms with Gasteiger partial charge in [-0.3, -0.25) is 14.1 Å². The summed E-state index contributed by atoms with van der Waals surface area (Å²) >= 11 is 0. The molecule has 1 aliphatic carbocycles. The van der Waals surface area contributed by atoms with E-state index in [2.05, 4.69) is 9.88 Å². The van der Waals surface area contributed by atoms with Crippen LogP contribution in [0.1, 0.15) is 12.8 Å². The van der Waals surface area contributed by atoms with Crippen molar-refractivity contribution in [3.05, 3.63) is 72.7 Å². The number of carbonyl (C=O) groups is 1. The maximum absolute atomic E-state index is 11.7. The Hall–Kier alpha value is -2.88. The molecule has 4 heteroatoms. The van der Waals surface area contributed by atoms with Crippen molar-refractivity contribution < 1.29 is 4.79 Å². The number of imidazole rings is 1. The molecule has 0 spiro atoms. The molecule has 0 radical (unpaired) electrons. The summed E-state index contributed by atoms with van der Waals surface area (Å²) in [6.45, 7) is 0. The molecule has 1 aliphatic rings. The highest BCUT2D eigenvalue weighted by Crippen LogP contribution is 2.34. The predicted octanol–water partition coefficient (Wildman–Crippen LogP) is 3.72. The van der Waals surface area contributed by atoms with Gasteiger partial charge in [-0.05, 0) is 30.7 Å². The first-order chi connectivity index (χ1) is 10.8. The Morgan fingerprint density at radius 3 is 2.59 bits per heavy atom. The van der Waals surface area contributed by atoms with Crippen LogP contribution in [0.2, 0.25) is 0 Å². The number of fused-ring (bicyclic) bond motifs is 1. The predicted molar refractivity (Wildman–Crippen MR) is 86.1 cm³/mol. The van der Waals surface area contributed by atoms with Crippen LogP contribution >= 0.6 is 0 Å². The average molecular weight is 289 g/mol. The van der Waals surface area contributed by atoms with Crippen LogP contribution in [0.5, 0.6) is 0 Å². The third-order valence-electron chi connectivity index (χ3n) is 3.88. The number of ketones is 1. The minimum atomic E-state index is 0.185. The van der Waals surface area contributed by atoms with Gasteiger partial charge in [0.15, 0.2) is 5.78 Å². The van der Waals surface area contributed by atoms with Crippen molar-refractivity contribution in [2.24, 2.45) is 0 Å². The molecule has 22 heavy (non-hydrogen) atoms. The van der Waals surface area contributed by atoms with Crippen LogP contribution in [-0.2, 0) is 4.79 Å². The lowest BCUT2D eigenvalue weighted by Crippen LogP contribution is -2.16. The highest BCUT2D eigenvalue weighted by molar-refractivity contribution is 5.94. The second kappa shape index (κ2) is 5.15. The molecule has 0 bridgehead atoms. The standard InChI is InChI=1S/C18H15N3O/c22-16-10-9-15(12-16)21(14-6-2-1-3-7-14)18-13-19-17-8-4-5-11-20(17)18/h1-8,11-13H,9-10H2. The molecule has 2 heterocycles. The zero-order valence-electron chi connectivity index (χ0n) is 12.0. The fourth-order valence-electron chi connectivity index (χ4n) is 2.86. The summed E-state index contributed by atoms with van der Waals surface area (Å²) in [6, 6.07) is 16.0. The molecule has 1 aromatic carbocycles. The Morgan fingerprint density at radius 1 is 1.00 bits per heavy atom. The van der Waals surface area contributed by atoms with Gasteiger partial charge < -0.3 is 0 Å². The van der Waals surface area contributed by atoms with Crippen molar-refractivity contribution in [3.8, 4) is 0 Å². The number of anilines is 2. The SMILES string of the molecule is O=C1C=C(N(c2ccccc2)c2cnc3ccccn23)CC1. The van der Waals surface area contributed by atoms with E-state index in [4.69, 9.17) is 0 Å². The van der Waals surface area contributed by atoms with Gasteiger partial charge in [0.2, 0.25) is 0 Å². The summed E-state index contributed by atoms with van der Waals surface area (Å²) in [5, 5.41) is 0. The van der Waals surface area contributed by atoms with Crippen molar-refractivity contribution in [3.63, 3.8) is 0 Å². The number of nitrogens with zero attached hydrogens (tertiary/aromatic N) is 3. The van der Waals surface area contributed by atoms with E-state index in [0.29, 0.717) is 6.42 Å². The summed E-state index contributed by atoms with van der Waals surface area (Å²) in [7, 11) is 0. The van der Waals surface area contributed by atoms with Crippen LogP contribution in [0.4, 0.5) is 11.5 Å². The van der Waals surface area contributed by atoms with Gasteiger partial charge in [0.25, 0.3) is 0 Å². The molecule has 108 valence electrons. The fourth-order valence-corrected chi connectivity index (χ4v) is 2.86. The van der Waals surface area contributed by atoms with Gasteiger partial charge >= 0.3 is 0 Å². The Labute approximate surface area is 128 Å². The summed E-state index contributed by atoms with van der Waals surface area (Å²) in [5.41, 5.74) is 2.94. The van der Waals surface area contributed by atoms with Crippen molar-refractivity contribution >= 4 is 22.9 Å². The highest BCUT2D eigenvalue weighted by atomic mass is 16.1. The third-order valence-corrected chi connectivity index (χ3v) is 3.88. The normalized spacial score (nSPS) is 14.4. The first-order valence-corrected chi connectivity index (χ1v) is 7.33. The monoisotopic (exact) mass is 289 g/mol. The lowest BCUT2D eigenvalue weighted by atomic mass is 10.2. The van der Waals surface area contributed by atoms with Gasteiger partial charge in [0, 0.05) is 30.1 Å². The summed E-state index contributed by atoms with van der Waals surface area (Å²) < 4.78 is 2.04. The molecular formula is C18H15N3O. The minimum absolute atomic E-state index is 0.185. The van der Waals surface area contributed by atoms with Crippen LogP contribution < -0.4 is 4.90 Å². The van der Waals surface area contributed by atoms with E-state index < -0.39 is 0 Å². The molecule has 0 unspecified atom stereocenters. The number of rotatable bonds is 3. The largest absolute Gasteiger partial charge is 0.298 e. The number of para-hydroxylation sites is 1. The number of allylic oxidation sites excluding steroid dienone is 2. The number of pyridine rings is 1. The fraction of sp³-hybridized carbons (Fsp3) is 0.111. The van der Waals surface area contributed by atoms with Crippen LogP contribution in [0, 0.1) is 0 Å². The van der Waals surface area contributed by atoms with E-state index >= 15 is 0 Å². The van der Waals surface area contributed by atoms with Crippen LogP contribution in [0.3, 0.4) is 0 Å². The maximum Gasteiger partial charge on any atom is 0.157 e. The Balaban J connectivity index is 1.91. The van der Waals surface area contributed by atoms with Gasteiger partial charge in [-0.2, -0.15) is 0 Å². The molecule has 0 saturated heterocycles. The van der Waals surface area contributed by atoms with E-state index in [-0.39, 0.29) is 5.78 Å². The summed E-state index contributed by atoms with van der Waals surface area (Å²) in [6.07, 6.45) is 6.93. The molecule has 0 aliphatic heterocycles. The van der Waals surface area contributed by atoms with Crippen molar-refractivity contribution in [2.75, 3.05) is 4.90 Å². The molecule has 4 rings (SSSR count). The van der Waals surface area contributed by atoms with Gasteiger partial charge in [-0.1, -0.05) is 24.3 Å². The van der Waals surface area contributed by atoms with E-state index in [1.807, 2.05) is 65.3 Å². The smallest absolute Gasteiger partial charge is 0.157 e. The molecule has 0 saturated carbocycles. The molecule has 3 aromatic rings. The Morgan fingerprint density at radius 2 is 1.82 bits per heavy atom. The van der Waals surface area contributed by atoms with Gasteiger partial charge in [-0.15, -0.1) is 0 Å². The Bertz CT molecular complexity index is 864. The second-order valence-corrected chi connectivity index (χ2v) is 5.32. The molecule has 4 nitrogen and oxygen atoms in total. The third kappa shape index (κ3) is 2.09. The average Bonchev–Trinajstić information content (AvgIpc) is 3.16. The van der Waals surface area contributed by atoms with Crippen molar-refractivity contribution in [1.29, 1.82) is 0 Å². The van der Waals surface area contributed by atoms with Crippen LogP contribution in [0.25, 0.3) is 5.65 Å². The number of hydrogen-bond acceptors (Lipinski definition) is 3. The van der Waals surface area contributed by atoms with Gasteiger partial charge in [-0.25, -0.2) is 4.98 Å². The minimum Gasteiger partial charge on any atom is -0.298 e. The molecule has 0 atom stereocenters. The molecule has 0 N–H and O–H groups in total. The van der Waals surface area contributed by atoms with Crippen molar-refractivity contribution in [2.45, 2.75) is 12.8 Å². The summed E-state index contributed by atoms with van der Waals surface area (Å²) in [5.74, 6) is 1.13.